The van der Waals surface area contributed by atoms with Gasteiger partial charge in [-0.25, -0.2) is 9.97 Å². The number of carbonyl (C=O) groups excluding carboxylic acids is 1. The normalized spacial score (nSPS) is 22.1. The summed E-state index contributed by atoms with van der Waals surface area (Å²) in [6.07, 6.45) is 4.61. The number of aliphatic hydroxyl groups excluding tert-OH is 1. The summed E-state index contributed by atoms with van der Waals surface area (Å²) in [6, 6.07) is 5.40. The van der Waals surface area contributed by atoms with Gasteiger partial charge in [-0.1, -0.05) is 0 Å². The molecule has 0 bridgehead atoms. The van der Waals surface area contributed by atoms with Crippen molar-refractivity contribution in [3.8, 4) is 0 Å². The summed E-state index contributed by atoms with van der Waals surface area (Å²) in [6.45, 7) is 6.84. The number of rotatable bonds is 4. The molecular weight excluding hydrogens is 354 g/mol. The van der Waals surface area contributed by atoms with Gasteiger partial charge in [0.1, 0.15) is 11.6 Å². The molecule has 1 aromatic carbocycles. The van der Waals surface area contributed by atoms with E-state index in [1.807, 2.05) is 42.8 Å². The lowest BCUT2D eigenvalue weighted by molar-refractivity contribution is 0.0441. The largest absolute Gasteiger partial charge is 0.389 e. The van der Waals surface area contributed by atoms with Crippen LogP contribution in [0.15, 0.2) is 30.6 Å². The molecule has 4 rings (SSSR count). The second kappa shape index (κ2) is 7.05. The van der Waals surface area contributed by atoms with Crippen molar-refractivity contribution in [1.82, 2.24) is 24.0 Å². The van der Waals surface area contributed by atoms with E-state index >= 15 is 0 Å². The molecule has 28 heavy (non-hydrogen) atoms. The molecule has 0 saturated heterocycles. The van der Waals surface area contributed by atoms with E-state index in [1.54, 1.807) is 18.1 Å². The molecule has 2 aromatic heterocycles. The van der Waals surface area contributed by atoms with E-state index in [2.05, 4.69) is 21.5 Å². The number of amides is 1. The molecule has 0 aliphatic heterocycles. The first-order valence-corrected chi connectivity index (χ1v) is 9.84. The number of nitrogens with zero attached hydrogens (tertiary/aromatic N) is 5. The molecule has 1 fully saturated rings. The van der Waals surface area contributed by atoms with Crippen LogP contribution in [-0.2, 0) is 6.54 Å². The van der Waals surface area contributed by atoms with Crippen LogP contribution in [0, 0.1) is 13.8 Å². The molecule has 3 aromatic rings. The molecule has 1 saturated carbocycles. The third-order valence-electron chi connectivity index (χ3n) is 6.09. The molecule has 7 heteroatoms. The lowest BCUT2D eigenvalue weighted by atomic mass is 10.1. The van der Waals surface area contributed by atoms with Gasteiger partial charge in [0.05, 0.1) is 29.2 Å². The Morgan fingerprint density at radius 1 is 1.29 bits per heavy atom. The molecule has 1 amide bonds. The van der Waals surface area contributed by atoms with Crippen LogP contribution in [-0.4, -0.2) is 54.2 Å². The summed E-state index contributed by atoms with van der Waals surface area (Å²) >= 11 is 0. The van der Waals surface area contributed by atoms with E-state index in [0.29, 0.717) is 5.56 Å². The zero-order chi connectivity index (χ0) is 20.0. The van der Waals surface area contributed by atoms with Crippen molar-refractivity contribution in [2.24, 2.45) is 0 Å². The predicted octanol–water partition coefficient (Wildman–Crippen LogP) is 2.71. The lowest BCUT2D eigenvalue weighted by Gasteiger charge is -2.29. The molecule has 0 radical (unpaired) electrons. The highest BCUT2D eigenvalue weighted by atomic mass is 16.3. The monoisotopic (exact) mass is 381 g/mol. The SMILES string of the molecule is CCn1c(C)nc2cc(C(=O)N(C)[C@@H]3CC[C@@H](n4ccnc4C)[C@@H]3O)ccc21. The third-order valence-corrected chi connectivity index (χ3v) is 6.09. The lowest BCUT2D eigenvalue weighted by Crippen LogP contribution is -2.43. The van der Waals surface area contributed by atoms with Gasteiger partial charge in [0.15, 0.2) is 0 Å². The summed E-state index contributed by atoms with van der Waals surface area (Å²) in [5.41, 5.74) is 2.47. The minimum atomic E-state index is -0.618. The molecule has 1 N–H and O–H groups in total. The molecule has 7 nitrogen and oxygen atoms in total. The quantitative estimate of drug-likeness (QED) is 0.754. The Morgan fingerprint density at radius 3 is 2.75 bits per heavy atom. The Kier molecular flexibility index (Phi) is 4.71. The Bertz CT molecular complexity index is 1020. The van der Waals surface area contributed by atoms with E-state index in [-0.39, 0.29) is 18.0 Å². The number of aromatic nitrogens is 4. The number of hydrogen-bond donors (Lipinski definition) is 1. The maximum atomic E-state index is 13.1. The van der Waals surface area contributed by atoms with E-state index in [9.17, 15) is 9.90 Å². The summed E-state index contributed by atoms with van der Waals surface area (Å²) in [4.78, 5) is 23.6. The number of aryl methyl sites for hydroxylation is 3. The van der Waals surface area contributed by atoms with Gasteiger partial charge in [-0.15, -0.1) is 0 Å². The number of aliphatic hydroxyl groups is 1. The van der Waals surface area contributed by atoms with Gasteiger partial charge >= 0.3 is 0 Å². The zero-order valence-corrected chi connectivity index (χ0v) is 16.8. The smallest absolute Gasteiger partial charge is 0.254 e. The van der Waals surface area contributed by atoms with Crippen molar-refractivity contribution in [2.75, 3.05) is 7.05 Å². The molecule has 1 aliphatic rings. The molecule has 148 valence electrons. The highest BCUT2D eigenvalue weighted by Crippen LogP contribution is 2.34. The fourth-order valence-electron chi connectivity index (χ4n) is 4.54. The zero-order valence-electron chi connectivity index (χ0n) is 16.8. The number of benzene rings is 1. The van der Waals surface area contributed by atoms with Crippen molar-refractivity contribution < 1.29 is 9.90 Å². The first kappa shape index (κ1) is 18.7. The van der Waals surface area contributed by atoms with Gasteiger partial charge in [-0.3, -0.25) is 4.79 Å². The number of fused-ring (bicyclic) bond motifs is 1. The fourth-order valence-corrected chi connectivity index (χ4v) is 4.54. The van der Waals surface area contributed by atoms with Crippen LogP contribution in [0.4, 0.5) is 0 Å². The van der Waals surface area contributed by atoms with E-state index < -0.39 is 6.10 Å². The number of carbonyl (C=O) groups is 1. The Morgan fingerprint density at radius 2 is 2.07 bits per heavy atom. The average molecular weight is 381 g/mol. The molecular formula is C21H27N5O2. The van der Waals surface area contributed by atoms with Crippen molar-refractivity contribution >= 4 is 16.9 Å². The van der Waals surface area contributed by atoms with Crippen molar-refractivity contribution in [3.05, 3.63) is 47.8 Å². The average Bonchev–Trinajstić information content (AvgIpc) is 3.35. The van der Waals surface area contributed by atoms with Gasteiger partial charge in [0, 0.05) is 31.5 Å². The topological polar surface area (TPSA) is 76.2 Å². The Hall–Kier alpha value is -2.67. The van der Waals surface area contributed by atoms with Crippen LogP contribution in [0.5, 0.6) is 0 Å². The minimum absolute atomic E-state index is 0.0480. The van der Waals surface area contributed by atoms with E-state index in [4.69, 9.17) is 0 Å². The minimum Gasteiger partial charge on any atom is -0.389 e. The maximum Gasteiger partial charge on any atom is 0.254 e. The van der Waals surface area contributed by atoms with Gasteiger partial charge in [-0.2, -0.15) is 0 Å². The van der Waals surface area contributed by atoms with Crippen LogP contribution >= 0.6 is 0 Å². The molecule has 1 aliphatic carbocycles. The van der Waals surface area contributed by atoms with Crippen LogP contribution in [0.2, 0.25) is 0 Å². The van der Waals surface area contributed by atoms with Gasteiger partial charge in [-0.05, 0) is 51.8 Å². The van der Waals surface area contributed by atoms with Crippen molar-refractivity contribution in [2.45, 2.75) is 58.3 Å². The molecule has 0 spiro atoms. The Balaban J connectivity index is 1.56. The Labute approximate surface area is 164 Å². The molecule has 0 unspecified atom stereocenters. The first-order chi connectivity index (χ1) is 13.4. The first-order valence-electron chi connectivity index (χ1n) is 9.84. The second-order valence-electron chi connectivity index (χ2n) is 7.61. The third kappa shape index (κ3) is 2.90. The standard InChI is InChI=1S/C21H27N5O2/c1-5-25-14(3)23-16-12-15(6-7-17(16)25)21(28)24(4)18-8-9-19(20(18)27)26-11-10-22-13(26)2/h6-7,10-12,18-20,27H,5,8-9H2,1-4H3/t18-,19-,20-/m1/s1. The van der Waals surface area contributed by atoms with Gasteiger partial charge in [0.2, 0.25) is 0 Å². The second-order valence-corrected chi connectivity index (χ2v) is 7.61. The van der Waals surface area contributed by atoms with Gasteiger partial charge in [0.25, 0.3) is 5.91 Å². The van der Waals surface area contributed by atoms with Gasteiger partial charge < -0.3 is 19.1 Å². The number of imidazole rings is 2. The predicted molar refractivity (Wildman–Crippen MR) is 107 cm³/mol. The maximum absolute atomic E-state index is 13.1. The summed E-state index contributed by atoms with van der Waals surface area (Å²) in [5.74, 6) is 1.74. The number of likely N-dealkylation sites (N-methyl/N-ethyl adjacent to an activating group) is 1. The van der Waals surface area contributed by atoms with Crippen LogP contribution < -0.4 is 0 Å². The molecule has 2 heterocycles. The van der Waals surface area contributed by atoms with Crippen molar-refractivity contribution in [3.63, 3.8) is 0 Å². The molecule has 3 atom stereocenters. The highest BCUT2D eigenvalue weighted by molar-refractivity contribution is 5.97. The van der Waals surface area contributed by atoms with Crippen LogP contribution in [0.1, 0.15) is 47.8 Å². The fraction of sp³-hybridized carbons (Fsp3) is 0.476. The highest BCUT2D eigenvalue weighted by Gasteiger charge is 2.40. The number of hydrogen-bond acceptors (Lipinski definition) is 4. The van der Waals surface area contributed by atoms with Crippen molar-refractivity contribution in [1.29, 1.82) is 0 Å². The summed E-state index contributed by atoms with van der Waals surface area (Å²) in [7, 11) is 1.78. The van der Waals surface area contributed by atoms with E-state index in [0.717, 1.165) is 42.1 Å². The van der Waals surface area contributed by atoms with Crippen LogP contribution in [0.25, 0.3) is 11.0 Å². The summed E-state index contributed by atoms with van der Waals surface area (Å²) < 4.78 is 4.14. The van der Waals surface area contributed by atoms with Crippen LogP contribution in [0.3, 0.4) is 0 Å². The van der Waals surface area contributed by atoms with E-state index in [1.165, 1.54) is 0 Å². The summed E-state index contributed by atoms with van der Waals surface area (Å²) in [5, 5.41) is 10.9.